The quantitative estimate of drug-likeness (QED) is 0.375. The number of aliphatic hydroxyl groups is 1. The fourth-order valence-corrected chi connectivity index (χ4v) is 0.512. The molecular formula is C7H13O5. The van der Waals surface area contributed by atoms with Crippen LogP contribution in [-0.2, 0) is 19.7 Å². The van der Waals surface area contributed by atoms with Crippen LogP contribution in [0.4, 0.5) is 0 Å². The van der Waals surface area contributed by atoms with E-state index in [1.807, 2.05) is 0 Å². The van der Waals surface area contributed by atoms with E-state index in [9.17, 15) is 10.1 Å². The van der Waals surface area contributed by atoms with Gasteiger partial charge in [0.25, 0.3) is 0 Å². The average Bonchev–Trinajstić information content (AvgIpc) is 1.85. The fraction of sp³-hybridized carbons (Fsp3) is 0.857. The highest BCUT2D eigenvalue weighted by molar-refractivity contribution is 5.75. The first kappa shape index (κ1) is 11.4. The highest BCUT2D eigenvalue weighted by Crippen LogP contribution is 2.09. The Morgan fingerprint density at radius 3 is 2.25 bits per heavy atom. The zero-order chi connectivity index (χ0) is 9.78. The van der Waals surface area contributed by atoms with Crippen LogP contribution in [0.5, 0.6) is 0 Å². The molecule has 0 heterocycles. The third-order valence-corrected chi connectivity index (χ3v) is 0.952. The number of rotatable bonds is 3. The molecule has 12 heavy (non-hydrogen) atoms. The van der Waals surface area contributed by atoms with Crippen LogP contribution in [0.1, 0.15) is 20.8 Å². The van der Waals surface area contributed by atoms with E-state index in [4.69, 9.17) is 9.84 Å². The summed E-state index contributed by atoms with van der Waals surface area (Å²) >= 11 is 0. The molecule has 0 bridgehead atoms. The summed E-state index contributed by atoms with van der Waals surface area (Å²) in [6.07, 6.45) is -1.43. The van der Waals surface area contributed by atoms with Crippen molar-refractivity contribution in [2.45, 2.75) is 32.5 Å². The van der Waals surface area contributed by atoms with Crippen LogP contribution in [0, 0.1) is 0 Å². The lowest BCUT2D eigenvalue weighted by Gasteiger charge is -2.21. The SMILES string of the molecule is CC(C)(C)OC(=O)C(CO)O[O]. The first-order valence-corrected chi connectivity index (χ1v) is 3.53. The number of hydrogen-bond acceptors (Lipinski definition) is 4. The molecule has 0 fully saturated rings. The summed E-state index contributed by atoms with van der Waals surface area (Å²) in [6, 6.07) is 0. The monoisotopic (exact) mass is 177 g/mol. The Bertz CT molecular complexity index is 144. The molecule has 1 radical (unpaired) electrons. The molecule has 0 rings (SSSR count). The molecule has 1 unspecified atom stereocenters. The van der Waals surface area contributed by atoms with Gasteiger partial charge in [-0.2, -0.15) is 4.89 Å². The molecular weight excluding hydrogens is 164 g/mol. The molecule has 71 valence electrons. The molecule has 0 aromatic rings. The lowest BCUT2D eigenvalue weighted by Crippen LogP contribution is -2.34. The second kappa shape index (κ2) is 4.39. The van der Waals surface area contributed by atoms with Crippen molar-refractivity contribution in [1.82, 2.24) is 0 Å². The van der Waals surface area contributed by atoms with Crippen molar-refractivity contribution >= 4 is 5.97 Å². The maximum Gasteiger partial charge on any atom is 0.341 e. The van der Waals surface area contributed by atoms with Crippen LogP contribution in [0.3, 0.4) is 0 Å². The van der Waals surface area contributed by atoms with E-state index < -0.39 is 24.3 Å². The van der Waals surface area contributed by atoms with Crippen molar-refractivity contribution < 1.29 is 24.8 Å². The Morgan fingerprint density at radius 1 is 1.50 bits per heavy atom. The van der Waals surface area contributed by atoms with Gasteiger partial charge in [0.1, 0.15) is 5.60 Å². The molecule has 5 nitrogen and oxygen atoms in total. The molecule has 0 aliphatic heterocycles. The Kier molecular flexibility index (Phi) is 4.16. The predicted octanol–water partition coefficient (Wildman–Crippen LogP) is 0.0511. The van der Waals surface area contributed by atoms with E-state index in [2.05, 4.69) is 4.89 Å². The molecule has 0 aromatic heterocycles. The number of esters is 1. The minimum absolute atomic E-state index is 0.668. The zero-order valence-corrected chi connectivity index (χ0v) is 7.36. The normalized spacial score (nSPS) is 14.1. The Labute approximate surface area is 70.8 Å². The van der Waals surface area contributed by atoms with Gasteiger partial charge in [-0.05, 0) is 26.0 Å². The largest absolute Gasteiger partial charge is 0.458 e. The molecule has 0 aliphatic rings. The lowest BCUT2D eigenvalue weighted by atomic mass is 10.2. The van der Waals surface area contributed by atoms with Crippen molar-refractivity contribution in [3.05, 3.63) is 0 Å². The molecule has 0 aliphatic carbocycles. The van der Waals surface area contributed by atoms with Crippen molar-refractivity contribution in [2.75, 3.05) is 6.61 Å². The minimum atomic E-state index is -1.43. The summed E-state index contributed by atoms with van der Waals surface area (Å²) in [4.78, 5) is 14.3. The van der Waals surface area contributed by atoms with Crippen LogP contribution in [0.15, 0.2) is 0 Å². The van der Waals surface area contributed by atoms with Gasteiger partial charge in [0, 0.05) is 0 Å². The Morgan fingerprint density at radius 2 is 2.00 bits per heavy atom. The minimum Gasteiger partial charge on any atom is -0.458 e. The van der Waals surface area contributed by atoms with Crippen molar-refractivity contribution in [1.29, 1.82) is 0 Å². The highest BCUT2D eigenvalue weighted by Gasteiger charge is 2.25. The van der Waals surface area contributed by atoms with E-state index in [1.165, 1.54) is 0 Å². The number of carbonyl (C=O) groups is 1. The maximum atomic E-state index is 10.9. The van der Waals surface area contributed by atoms with E-state index in [0.717, 1.165) is 0 Å². The lowest BCUT2D eigenvalue weighted by molar-refractivity contribution is -0.335. The van der Waals surface area contributed by atoms with Gasteiger partial charge in [0.05, 0.1) is 6.61 Å². The second-order valence-electron chi connectivity index (χ2n) is 3.30. The zero-order valence-electron chi connectivity index (χ0n) is 7.36. The smallest absolute Gasteiger partial charge is 0.341 e. The highest BCUT2D eigenvalue weighted by atomic mass is 17.1. The second-order valence-corrected chi connectivity index (χ2v) is 3.30. The third-order valence-electron chi connectivity index (χ3n) is 0.952. The van der Waals surface area contributed by atoms with Gasteiger partial charge in [-0.25, -0.2) is 4.79 Å². The van der Waals surface area contributed by atoms with Gasteiger partial charge < -0.3 is 9.84 Å². The molecule has 0 spiro atoms. The van der Waals surface area contributed by atoms with E-state index >= 15 is 0 Å². The molecule has 0 saturated heterocycles. The Balaban J connectivity index is 4.02. The van der Waals surface area contributed by atoms with Gasteiger partial charge in [-0.1, -0.05) is 0 Å². The van der Waals surface area contributed by atoms with Gasteiger partial charge in [0.15, 0.2) is 0 Å². The number of aliphatic hydroxyl groups excluding tert-OH is 1. The summed E-state index contributed by atoms with van der Waals surface area (Å²) in [5.41, 5.74) is -0.678. The van der Waals surface area contributed by atoms with Crippen molar-refractivity contribution in [3.8, 4) is 0 Å². The van der Waals surface area contributed by atoms with Crippen molar-refractivity contribution in [2.24, 2.45) is 0 Å². The van der Waals surface area contributed by atoms with Gasteiger partial charge >= 0.3 is 5.97 Å². The average molecular weight is 177 g/mol. The summed E-state index contributed by atoms with van der Waals surface area (Å²) in [5, 5.41) is 18.3. The summed E-state index contributed by atoms with van der Waals surface area (Å²) in [5.74, 6) is -0.847. The van der Waals surface area contributed by atoms with Crippen molar-refractivity contribution in [3.63, 3.8) is 0 Å². The third kappa shape index (κ3) is 4.27. The van der Waals surface area contributed by atoms with Gasteiger partial charge in [0.2, 0.25) is 6.10 Å². The first-order valence-electron chi connectivity index (χ1n) is 3.53. The van der Waals surface area contributed by atoms with Crippen LogP contribution in [0.25, 0.3) is 0 Å². The van der Waals surface area contributed by atoms with Crippen LogP contribution >= 0.6 is 0 Å². The molecule has 1 N–H and O–H groups in total. The van der Waals surface area contributed by atoms with Crippen LogP contribution < -0.4 is 0 Å². The number of carbonyl (C=O) groups excluding carboxylic acids is 1. The molecule has 0 saturated carbocycles. The molecule has 1 atom stereocenters. The van der Waals surface area contributed by atoms with Crippen LogP contribution in [0.2, 0.25) is 0 Å². The summed E-state index contributed by atoms with van der Waals surface area (Å²) < 4.78 is 4.76. The van der Waals surface area contributed by atoms with E-state index in [-0.39, 0.29) is 0 Å². The molecule has 0 amide bonds. The van der Waals surface area contributed by atoms with Crippen LogP contribution in [-0.4, -0.2) is 29.4 Å². The first-order chi connectivity index (χ1) is 5.40. The van der Waals surface area contributed by atoms with Gasteiger partial charge in [-0.15, -0.1) is 0 Å². The standard InChI is InChI=1S/C7H13O5/c1-7(2,3)11-6(9)5(4-8)12-10/h5,8H,4H2,1-3H3. The number of hydrogen-bond donors (Lipinski definition) is 1. The maximum absolute atomic E-state index is 10.9. The molecule has 5 heteroatoms. The number of ether oxygens (including phenoxy) is 1. The summed E-state index contributed by atoms with van der Waals surface area (Å²) in [6.45, 7) is 4.30. The fourth-order valence-electron chi connectivity index (χ4n) is 0.512. The summed E-state index contributed by atoms with van der Waals surface area (Å²) in [7, 11) is 0. The van der Waals surface area contributed by atoms with E-state index in [1.54, 1.807) is 20.8 Å². The Hall–Kier alpha value is -0.650. The predicted molar refractivity (Wildman–Crippen MR) is 38.5 cm³/mol. The van der Waals surface area contributed by atoms with Gasteiger partial charge in [-0.3, -0.25) is 0 Å². The van der Waals surface area contributed by atoms with E-state index in [0.29, 0.717) is 0 Å². The molecule has 0 aromatic carbocycles. The topological polar surface area (TPSA) is 75.7 Å².